The van der Waals surface area contributed by atoms with E-state index in [1.807, 2.05) is 28.5 Å². The number of carbonyl (C=O) groups excluding carboxylic acids is 2. The predicted molar refractivity (Wildman–Crippen MR) is 116 cm³/mol. The van der Waals surface area contributed by atoms with Crippen LogP contribution in [0.2, 0.25) is 0 Å². The molecule has 4 rings (SSSR count). The average Bonchev–Trinajstić information content (AvgIpc) is 3.22. The van der Waals surface area contributed by atoms with E-state index < -0.39 is 0 Å². The van der Waals surface area contributed by atoms with Gasteiger partial charge in [0.2, 0.25) is 5.91 Å². The number of nitrogens with zero attached hydrogens (tertiary/aromatic N) is 3. The van der Waals surface area contributed by atoms with Gasteiger partial charge in [0.15, 0.2) is 0 Å². The Morgan fingerprint density at radius 2 is 1.90 bits per heavy atom. The second kappa shape index (κ2) is 9.63. The molecular weight excluding hydrogens is 396 g/mol. The Morgan fingerprint density at radius 1 is 1.10 bits per heavy atom. The Bertz CT molecular complexity index is 983. The standard InChI is InChI=1S/C23H24N4O2S/c28-22(14-20-16-30-21(25-20)13-17-5-2-1-3-6-17)27-11-8-19(9-12-27)26-23(29)18-7-4-10-24-15-18/h1-7,10,15-16,19H,8-9,11-14H2,(H,26,29). The van der Waals surface area contributed by atoms with Crippen LogP contribution in [0.25, 0.3) is 0 Å². The third-order valence-electron chi connectivity index (χ3n) is 5.24. The van der Waals surface area contributed by atoms with Crippen LogP contribution in [-0.4, -0.2) is 45.8 Å². The third-order valence-corrected chi connectivity index (χ3v) is 6.13. The van der Waals surface area contributed by atoms with Crippen molar-refractivity contribution in [1.82, 2.24) is 20.2 Å². The fourth-order valence-electron chi connectivity index (χ4n) is 3.59. The number of nitrogens with one attached hydrogen (secondary N) is 1. The van der Waals surface area contributed by atoms with Crippen LogP contribution < -0.4 is 5.32 Å². The van der Waals surface area contributed by atoms with Crippen molar-refractivity contribution in [2.75, 3.05) is 13.1 Å². The molecule has 30 heavy (non-hydrogen) atoms. The van der Waals surface area contributed by atoms with Gasteiger partial charge < -0.3 is 10.2 Å². The van der Waals surface area contributed by atoms with Crippen molar-refractivity contribution in [1.29, 1.82) is 0 Å². The van der Waals surface area contributed by atoms with Crippen LogP contribution in [0.5, 0.6) is 0 Å². The normalized spacial score (nSPS) is 14.5. The van der Waals surface area contributed by atoms with Gasteiger partial charge in [-0.15, -0.1) is 11.3 Å². The highest BCUT2D eigenvalue weighted by Crippen LogP contribution is 2.17. The van der Waals surface area contributed by atoms with Crippen molar-refractivity contribution in [2.24, 2.45) is 0 Å². The number of hydrogen-bond acceptors (Lipinski definition) is 5. The van der Waals surface area contributed by atoms with Crippen molar-refractivity contribution in [3.05, 3.63) is 82.1 Å². The molecule has 1 fully saturated rings. The maximum atomic E-state index is 12.7. The van der Waals surface area contributed by atoms with Gasteiger partial charge in [0, 0.05) is 43.3 Å². The van der Waals surface area contributed by atoms with Crippen molar-refractivity contribution in [3.63, 3.8) is 0 Å². The average molecular weight is 421 g/mol. The van der Waals surface area contributed by atoms with Gasteiger partial charge in [0.25, 0.3) is 5.91 Å². The molecule has 3 aromatic rings. The van der Waals surface area contributed by atoms with Crippen LogP contribution >= 0.6 is 11.3 Å². The van der Waals surface area contributed by atoms with Gasteiger partial charge in [-0.1, -0.05) is 30.3 Å². The van der Waals surface area contributed by atoms with E-state index in [1.54, 1.807) is 35.9 Å². The number of rotatable bonds is 6. The largest absolute Gasteiger partial charge is 0.349 e. The van der Waals surface area contributed by atoms with Gasteiger partial charge in [-0.2, -0.15) is 0 Å². The SMILES string of the molecule is O=C(NC1CCN(C(=O)Cc2csc(Cc3ccccc3)n2)CC1)c1cccnc1. The predicted octanol–water partition coefficient (Wildman–Crippen LogP) is 3.09. The first-order valence-corrected chi connectivity index (χ1v) is 11.0. The van der Waals surface area contributed by atoms with Gasteiger partial charge >= 0.3 is 0 Å². The van der Waals surface area contributed by atoms with E-state index in [0.29, 0.717) is 25.1 Å². The molecule has 1 aliphatic heterocycles. The minimum absolute atomic E-state index is 0.0819. The Kier molecular flexibility index (Phi) is 6.49. The van der Waals surface area contributed by atoms with Gasteiger partial charge in [-0.3, -0.25) is 14.6 Å². The second-order valence-electron chi connectivity index (χ2n) is 7.44. The zero-order valence-corrected chi connectivity index (χ0v) is 17.5. The molecule has 154 valence electrons. The van der Waals surface area contributed by atoms with E-state index in [0.717, 1.165) is 30.0 Å². The summed E-state index contributed by atoms with van der Waals surface area (Å²) in [6.07, 6.45) is 5.85. The molecule has 0 aliphatic carbocycles. The van der Waals surface area contributed by atoms with Crippen LogP contribution in [-0.2, 0) is 17.6 Å². The molecule has 1 N–H and O–H groups in total. The topological polar surface area (TPSA) is 75.2 Å². The molecule has 1 aromatic carbocycles. The van der Waals surface area contributed by atoms with Crippen molar-refractivity contribution >= 4 is 23.2 Å². The lowest BCUT2D eigenvalue weighted by atomic mass is 10.0. The minimum atomic E-state index is -0.110. The van der Waals surface area contributed by atoms with Gasteiger partial charge in [-0.25, -0.2) is 4.98 Å². The molecular formula is C23H24N4O2S. The number of amides is 2. The summed E-state index contributed by atoms with van der Waals surface area (Å²) < 4.78 is 0. The highest BCUT2D eigenvalue weighted by atomic mass is 32.1. The fourth-order valence-corrected chi connectivity index (χ4v) is 4.42. The molecule has 0 bridgehead atoms. The number of likely N-dealkylation sites (tertiary alicyclic amines) is 1. The quantitative estimate of drug-likeness (QED) is 0.665. The third kappa shape index (κ3) is 5.30. The van der Waals surface area contributed by atoms with Crippen LogP contribution in [0.3, 0.4) is 0 Å². The molecule has 0 radical (unpaired) electrons. The monoisotopic (exact) mass is 420 g/mol. The molecule has 0 spiro atoms. The Morgan fingerprint density at radius 3 is 2.63 bits per heavy atom. The van der Waals surface area contributed by atoms with E-state index in [-0.39, 0.29) is 17.9 Å². The van der Waals surface area contributed by atoms with E-state index in [4.69, 9.17) is 0 Å². The number of benzene rings is 1. The molecule has 0 unspecified atom stereocenters. The van der Waals surface area contributed by atoms with Crippen molar-refractivity contribution in [2.45, 2.75) is 31.7 Å². The Hall–Kier alpha value is -3.06. The molecule has 1 aliphatic rings. The maximum Gasteiger partial charge on any atom is 0.253 e. The summed E-state index contributed by atoms with van der Waals surface area (Å²) in [7, 11) is 0. The van der Waals surface area contributed by atoms with E-state index in [2.05, 4.69) is 27.4 Å². The Labute approximate surface area is 180 Å². The molecule has 7 heteroatoms. The lowest BCUT2D eigenvalue weighted by Gasteiger charge is -2.32. The molecule has 3 heterocycles. The molecule has 2 amide bonds. The van der Waals surface area contributed by atoms with Crippen LogP contribution in [0.4, 0.5) is 0 Å². The molecule has 0 atom stereocenters. The van der Waals surface area contributed by atoms with Crippen molar-refractivity contribution < 1.29 is 9.59 Å². The molecule has 6 nitrogen and oxygen atoms in total. The molecule has 2 aromatic heterocycles. The van der Waals surface area contributed by atoms with Gasteiger partial charge in [0.05, 0.1) is 22.7 Å². The number of piperidine rings is 1. The number of hydrogen-bond donors (Lipinski definition) is 1. The van der Waals surface area contributed by atoms with Crippen LogP contribution in [0.1, 0.15) is 39.5 Å². The van der Waals surface area contributed by atoms with Gasteiger partial charge in [0.1, 0.15) is 0 Å². The van der Waals surface area contributed by atoms with Crippen LogP contribution in [0, 0.1) is 0 Å². The highest BCUT2D eigenvalue weighted by molar-refractivity contribution is 7.09. The summed E-state index contributed by atoms with van der Waals surface area (Å²) in [5.41, 5.74) is 2.62. The summed E-state index contributed by atoms with van der Waals surface area (Å²) in [6.45, 7) is 1.30. The van der Waals surface area contributed by atoms with Crippen molar-refractivity contribution in [3.8, 4) is 0 Å². The summed E-state index contributed by atoms with van der Waals surface area (Å²) >= 11 is 1.60. The fraction of sp³-hybridized carbons (Fsp3) is 0.304. The van der Waals surface area contributed by atoms with Gasteiger partial charge in [-0.05, 0) is 30.5 Å². The number of pyridine rings is 1. The smallest absolute Gasteiger partial charge is 0.253 e. The zero-order chi connectivity index (χ0) is 20.8. The number of thiazole rings is 1. The summed E-state index contributed by atoms with van der Waals surface area (Å²) in [4.78, 5) is 35.4. The molecule has 1 saturated heterocycles. The number of aromatic nitrogens is 2. The first-order valence-electron chi connectivity index (χ1n) is 10.1. The van der Waals surface area contributed by atoms with E-state index in [9.17, 15) is 9.59 Å². The summed E-state index contributed by atoms with van der Waals surface area (Å²) in [6, 6.07) is 13.8. The van der Waals surface area contributed by atoms with E-state index in [1.165, 1.54) is 5.56 Å². The minimum Gasteiger partial charge on any atom is -0.349 e. The van der Waals surface area contributed by atoms with E-state index >= 15 is 0 Å². The summed E-state index contributed by atoms with van der Waals surface area (Å²) in [5.74, 6) is -0.00936. The lowest BCUT2D eigenvalue weighted by Crippen LogP contribution is -2.47. The zero-order valence-electron chi connectivity index (χ0n) is 16.7. The lowest BCUT2D eigenvalue weighted by molar-refractivity contribution is -0.131. The van der Waals surface area contributed by atoms with Crippen LogP contribution in [0.15, 0.2) is 60.2 Å². The maximum absolute atomic E-state index is 12.7. The Balaban J connectivity index is 1.24. The first kappa shape index (κ1) is 20.2. The number of carbonyl (C=O) groups is 2. The molecule has 0 saturated carbocycles. The summed E-state index contributed by atoms with van der Waals surface area (Å²) in [5, 5.41) is 6.05. The second-order valence-corrected chi connectivity index (χ2v) is 8.38. The highest BCUT2D eigenvalue weighted by Gasteiger charge is 2.24. The first-order chi connectivity index (χ1) is 14.7.